The van der Waals surface area contributed by atoms with E-state index in [1.807, 2.05) is 0 Å². The summed E-state index contributed by atoms with van der Waals surface area (Å²) < 4.78 is 42.4. The van der Waals surface area contributed by atoms with E-state index in [0.717, 1.165) is 0 Å². The fourth-order valence-corrected chi connectivity index (χ4v) is 1.55. The van der Waals surface area contributed by atoms with E-state index in [2.05, 4.69) is 9.97 Å². The number of halogens is 5. The zero-order valence-corrected chi connectivity index (χ0v) is 10.6. The summed E-state index contributed by atoms with van der Waals surface area (Å²) in [6.45, 7) is 0. The summed E-state index contributed by atoms with van der Waals surface area (Å²) >= 11 is 11.1. The first kappa shape index (κ1) is 13.9. The Bertz CT molecular complexity index is 587. The Morgan fingerprint density at radius 3 is 2.21 bits per heavy atom. The highest BCUT2D eigenvalue weighted by atomic mass is 35.5. The summed E-state index contributed by atoms with van der Waals surface area (Å²) in [5, 5.41) is -0.217. The topological polar surface area (TPSA) is 35.0 Å². The van der Waals surface area contributed by atoms with Crippen LogP contribution in [0.3, 0.4) is 0 Å². The third-order valence-electron chi connectivity index (χ3n) is 2.05. The molecule has 19 heavy (non-hydrogen) atoms. The summed E-state index contributed by atoms with van der Waals surface area (Å²) in [5.74, 6) is 0.334. The van der Waals surface area contributed by atoms with Crippen LogP contribution in [-0.4, -0.2) is 9.97 Å². The van der Waals surface area contributed by atoms with Crippen LogP contribution in [0.25, 0.3) is 0 Å². The molecule has 0 aliphatic rings. The van der Waals surface area contributed by atoms with Gasteiger partial charge in [-0.25, -0.2) is 4.98 Å². The van der Waals surface area contributed by atoms with E-state index in [1.54, 1.807) is 12.1 Å². The Balaban J connectivity index is 2.23. The van der Waals surface area contributed by atoms with Gasteiger partial charge in [0.15, 0.2) is 0 Å². The number of rotatable bonds is 2. The molecule has 0 spiro atoms. The van der Waals surface area contributed by atoms with Crippen molar-refractivity contribution in [2.75, 3.05) is 0 Å². The van der Waals surface area contributed by atoms with Crippen LogP contribution >= 0.6 is 23.2 Å². The molecule has 0 saturated heterocycles. The lowest BCUT2D eigenvalue weighted by atomic mass is 10.3. The predicted molar refractivity (Wildman–Crippen MR) is 63.6 cm³/mol. The first-order chi connectivity index (χ1) is 8.86. The third kappa shape index (κ3) is 3.48. The molecule has 3 nitrogen and oxygen atoms in total. The van der Waals surface area contributed by atoms with Gasteiger partial charge in [0.1, 0.15) is 16.5 Å². The van der Waals surface area contributed by atoms with Crippen LogP contribution in [0.4, 0.5) is 13.2 Å². The van der Waals surface area contributed by atoms with Crippen LogP contribution in [-0.2, 0) is 6.18 Å². The molecule has 0 saturated carbocycles. The molecule has 0 radical (unpaired) electrons. The summed E-state index contributed by atoms with van der Waals surface area (Å²) in [6.07, 6.45) is -4.03. The molecular weight excluding hydrogens is 304 g/mol. The first-order valence-corrected chi connectivity index (χ1v) is 5.65. The number of ether oxygens (including phenoxy) is 1. The third-order valence-corrected chi connectivity index (χ3v) is 2.59. The maximum Gasteiger partial charge on any atom is 0.420 e. The second-order valence-corrected chi connectivity index (χ2v) is 4.21. The van der Waals surface area contributed by atoms with E-state index in [4.69, 9.17) is 27.9 Å². The summed E-state index contributed by atoms with van der Waals surface area (Å²) in [7, 11) is 0. The normalized spacial score (nSPS) is 11.4. The molecule has 1 heterocycles. The van der Waals surface area contributed by atoms with Crippen molar-refractivity contribution in [2.24, 2.45) is 0 Å². The fourth-order valence-electron chi connectivity index (χ4n) is 1.19. The molecule has 0 atom stereocenters. The number of aromatic nitrogens is 2. The van der Waals surface area contributed by atoms with Crippen LogP contribution in [0.1, 0.15) is 5.56 Å². The van der Waals surface area contributed by atoms with Gasteiger partial charge in [0.2, 0.25) is 0 Å². The molecule has 0 bridgehead atoms. The Morgan fingerprint density at radius 1 is 1.05 bits per heavy atom. The van der Waals surface area contributed by atoms with Crippen molar-refractivity contribution in [3.63, 3.8) is 0 Å². The molecule has 8 heteroatoms. The van der Waals surface area contributed by atoms with Gasteiger partial charge >= 0.3 is 12.2 Å². The van der Waals surface area contributed by atoms with E-state index in [9.17, 15) is 13.2 Å². The Morgan fingerprint density at radius 2 is 1.68 bits per heavy atom. The zero-order chi connectivity index (χ0) is 14.0. The van der Waals surface area contributed by atoms with Crippen molar-refractivity contribution in [2.45, 2.75) is 6.18 Å². The Labute approximate surface area is 116 Å². The van der Waals surface area contributed by atoms with Gasteiger partial charge in [-0.2, -0.15) is 18.2 Å². The van der Waals surface area contributed by atoms with E-state index in [-0.39, 0.29) is 6.01 Å². The predicted octanol–water partition coefficient (Wildman–Crippen LogP) is 4.59. The first-order valence-electron chi connectivity index (χ1n) is 4.89. The van der Waals surface area contributed by atoms with Gasteiger partial charge in [-0.1, -0.05) is 23.2 Å². The van der Waals surface area contributed by atoms with Gasteiger partial charge in [0, 0.05) is 11.2 Å². The van der Waals surface area contributed by atoms with Crippen molar-refractivity contribution in [1.82, 2.24) is 9.97 Å². The summed E-state index contributed by atoms with van der Waals surface area (Å²) in [6, 6.07) is 5.89. The van der Waals surface area contributed by atoms with E-state index in [1.165, 1.54) is 12.1 Å². The highest BCUT2D eigenvalue weighted by molar-refractivity contribution is 6.30. The SMILES string of the molecule is FC(F)(F)c1cnc(Oc2ccc(Cl)cc2)nc1Cl. The lowest BCUT2D eigenvalue weighted by Crippen LogP contribution is -2.08. The van der Waals surface area contributed by atoms with Crippen molar-refractivity contribution in [1.29, 1.82) is 0 Å². The highest BCUT2D eigenvalue weighted by Crippen LogP contribution is 2.34. The molecule has 2 aromatic rings. The van der Waals surface area contributed by atoms with E-state index >= 15 is 0 Å². The van der Waals surface area contributed by atoms with Gasteiger partial charge in [0.05, 0.1) is 0 Å². The molecule has 1 aromatic carbocycles. The van der Waals surface area contributed by atoms with Gasteiger partial charge in [-0.15, -0.1) is 0 Å². The maximum absolute atomic E-state index is 12.4. The quantitative estimate of drug-likeness (QED) is 0.761. The molecular formula is C11H5Cl2F3N2O. The van der Waals surface area contributed by atoms with Crippen LogP contribution in [0.2, 0.25) is 10.2 Å². The summed E-state index contributed by atoms with van der Waals surface area (Å²) in [5.41, 5.74) is -1.11. The molecule has 0 N–H and O–H groups in total. The Hall–Kier alpha value is -1.53. The molecule has 0 unspecified atom stereocenters. The number of hydrogen-bond donors (Lipinski definition) is 0. The van der Waals surface area contributed by atoms with Crippen LogP contribution in [0.5, 0.6) is 11.8 Å². The van der Waals surface area contributed by atoms with Crippen molar-refractivity contribution in [3.8, 4) is 11.8 Å². The van der Waals surface area contributed by atoms with Crippen LogP contribution < -0.4 is 4.74 Å². The lowest BCUT2D eigenvalue weighted by molar-refractivity contribution is -0.138. The van der Waals surface area contributed by atoms with Crippen molar-refractivity contribution < 1.29 is 17.9 Å². The number of benzene rings is 1. The lowest BCUT2D eigenvalue weighted by Gasteiger charge is -2.09. The van der Waals surface area contributed by atoms with Gasteiger partial charge < -0.3 is 4.74 Å². The Kier molecular flexibility index (Phi) is 3.82. The van der Waals surface area contributed by atoms with Crippen LogP contribution in [0, 0.1) is 0 Å². The molecule has 1 aromatic heterocycles. The minimum atomic E-state index is -4.60. The average Bonchev–Trinajstić information content (AvgIpc) is 2.30. The van der Waals surface area contributed by atoms with Crippen molar-refractivity contribution >= 4 is 23.2 Å². The van der Waals surface area contributed by atoms with Gasteiger partial charge in [-0.05, 0) is 24.3 Å². The molecule has 2 rings (SSSR count). The second kappa shape index (κ2) is 5.22. The summed E-state index contributed by atoms with van der Waals surface area (Å²) in [4.78, 5) is 6.89. The van der Waals surface area contributed by atoms with Crippen molar-refractivity contribution in [3.05, 3.63) is 46.2 Å². The van der Waals surface area contributed by atoms with Gasteiger partial charge in [-0.3, -0.25) is 0 Å². The van der Waals surface area contributed by atoms with Gasteiger partial charge in [0.25, 0.3) is 0 Å². The average molecular weight is 309 g/mol. The minimum Gasteiger partial charge on any atom is -0.424 e. The minimum absolute atomic E-state index is 0.277. The molecule has 100 valence electrons. The monoisotopic (exact) mass is 308 g/mol. The fraction of sp³-hybridized carbons (Fsp3) is 0.0909. The van der Waals surface area contributed by atoms with E-state index < -0.39 is 16.9 Å². The molecule has 0 amide bonds. The highest BCUT2D eigenvalue weighted by Gasteiger charge is 2.34. The number of hydrogen-bond acceptors (Lipinski definition) is 3. The van der Waals surface area contributed by atoms with Crippen LogP contribution in [0.15, 0.2) is 30.5 Å². The zero-order valence-electron chi connectivity index (χ0n) is 9.08. The standard InChI is InChI=1S/C11H5Cl2F3N2O/c12-6-1-3-7(4-2-6)19-10-17-5-8(9(13)18-10)11(14,15)16/h1-5H. The maximum atomic E-state index is 12.4. The number of nitrogens with zero attached hydrogens (tertiary/aromatic N) is 2. The largest absolute Gasteiger partial charge is 0.424 e. The second-order valence-electron chi connectivity index (χ2n) is 3.41. The van der Waals surface area contributed by atoms with E-state index in [0.29, 0.717) is 17.0 Å². The molecule has 0 aliphatic carbocycles. The molecule has 0 aliphatic heterocycles. The molecule has 0 fully saturated rings. The smallest absolute Gasteiger partial charge is 0.420 e. The number of alkyl halides is 3.